The van der Waals surface area contributed by atoms with Crippen LogP contribution < -0.4 is 14.8 Å². The lowest BCUT2D eigenvalue weighted by Gasteiger charge is -2.22. The molecule has 0 amide bonds. The largest absolute Gasteiger partial charge is 0.497 e. The highest BCUT2D eigenvalue weighted by atomic mass is 127. The van der Waals surface area contributed by atoms with Crippen LogP contribution in [0.3, 0.4) is 0 Å². The molecule has 184 valence electrons. The Morgan fingerprint density at radius 1 is 0.971 bits per heavy atom. The van der Waals surface area contributed by atoms with Gasteiger partial charge in [-0.15, -0.1) is 0 Å². The van der Waals surface area contributed by atoms with Crippen LogP contribution in [-0.2, 0) is 29.7 Å². The lowest BCUT2D eigenvalue weighted by molar-refractivity contribution is 0.394. The van der Waals surface area contributed by atoms with Crippen LogP contribution in [-0.4, -0.2) is 43.8 Å². The second kappa shape index (κ2) is 11.5. The molecule has 8 nitrogen and oxygen atoms in total. The summed E-state index contributed by atoms with van der Waals surface area (Å²) in [6.07, 6.45) is 0. The Morgan fingerprint density at radius 2 is 1.44 bits per heavy atom. The monoisotopic (exact) mass is 598 g/mol. The molecule has 0 aliphatic heterocycles. The van der Waals surface area contributed by atoms with Gasteiger partial charge in [0.2, 0.25) is 5.03 Å². The zero-order valence-electron chi connectivity index (χ0n) is 20.1. The lowest BCUT2D eigenvalue weighted by atomic mass is 10.2. The Bertz CT molecular complexity index is 1140. The maximum absolute atomic E-state index is 14.0. The first-order valence-electron chi connectivity index (χ1n) is 10.9. The molecule has 0 unspecified atom stereocenters. The van der Waals surface area contributed by atoms with E-state index in [1.54, 1.807) is 18.9 Å². The number of nitrogens with one attached hydrogen (secondary N) is 1. The minimum absolute atomic E-state index is 0.0254. The number of rotatable bonds is 11. The van der Waals surface area contributed by atoms with Gasteiger partial charge in [0, 0.05) is 25.7 Å². The van der Waals surface area contributed by atoms with E-state index in [1.807, 2.05) is 69.4 Å². The third kappa shape index (κ3) is 5.91. The van der Waals surface area contributed by atoms with Crippen LogP contribution in [0, 0.1) is 3.57 Å². The van der Waals surface area contributed by atoms with E-state index in [2.05, 4.69) is 33.0 Å². The number of nitrogens with zero attached hydrogens (tertiary/aromatic N) is 3. The molecule has 0 bridgehead atoms. The van der Waals surface area contributed by atoms with Crippen molar-refractivity contribution in [3.8, 4) is 11.5 Å². The maximum Gasteiger partial charge on any atom is 0.264 e. The van der Waals surface area contributed by atoms with E-state index in [0.29, 0.717) is 10.1 Å². The molecule has 0 aliphatic carbocycles. The van der Waals surface area contributed by atoms with Crippen molar-refractivity contribution in [2.45, 2.75) is 44.5 Å². The molecule has 34 heavy (non-hydrogen) atoms. The molecular weight excluding hydrogens is 567 g/mol. The normalized spacial score (nSPS) is 11.9. The smallest absolute Gasteiger partial charge is 0.264 e. The van der Waals surface area contributed by atoms with E-state index in [0.717, 1.165) is 28.3 Å². The summed E-state index contributed by atoms with van der Waals surface area (Å²) in [5.41, 5.74) is 2.56. The van der Waals surface area contributed by atoms with E-state index in [1.165, 1.54) is 4.31 Å². The number of benzene rings is 2. The average Bonchev–Trinajstić information content (AvgIpc) is 3.17. The molecule has 3 aromatic rings. The minimum atomic E-state index is -3.91. The number of methoxy groups -OCH3 is 2. The van der Waals surface area contributed by atoms with Crippen molar-refractivity contribution in [1.29, 1.82) is 0 Å². The van der Waals surface area contributed by atoms with Gasteiger partial charge in [-0.05, 0) is 78.9 Å². The fourth-order valence-electron chi connectivity index (χ4n) is 3.56. The van der Waals surface area contributed by atoms with Crippen LogP contribution in [0.1, 0.15) is 36.7 Å². The number of hydrogen-bond donors (Lipinski definition) is 1. The Labute approximate surface area is 215 Å². The Kier molecular flexibility index (Phi) is 8.96. The molecule has 0 saturated heterocycles. The maximum atomic E-state index is 14.0. The van der Waals surface area contributed by atoms with Gasteiger partial charge in [0.05, 0.1) is 23.5 Å². The second-order valence-corrected chi connectivity index (χ2v) is 11.0. The summed E-state index contributed by atoms with van der Waals surface area (Å²) >= 11 is 2.10. The van der Waals surface area contributed by atoms with E-state index in [4.69, 9.17) is 9.47 Å². The van der Waals surface area contributed by atoms with Crippen LogP contribution >= 0.6 is 22.6 Å². The van der Waals surface area contributed by atoms with Gasteiger partial charge >= 0.3 is 0 Å². The molecule has 0 aliphatic rings. The van der Waals surface area contributed by atoms with Crippen LogP contribution in [0.4, 0.5) is 0 Å². The first-order chi connectivity index (χ1) is 16.2. The minimum Gasteiger partial charge on any atom is -0.497 e. The summed E-state index contributed by atoms with van der Waals surface area (Å²) in [4.78, 5) is 0. The first kappa shape index (κ1) is 26.5. The third-order valence-corrected chi connectivity index (χ3v) is 8.58. The van der Waals surface area contributed by atoms with E-state index in [9.17, 15) is 8.42 Å². The van der Waals surface area contributed by atoms with Crippen molar-refractivity contribution >= 4 is 32.6 Å². The van der Waals surface area contributed by atoms with Crippen molar-refractivity contribution < 1.29 is 17.9 Å². The molecule has 0 spiro atoms. The molecule has 1 aromatic heterocycles. The van der Waals surface area contributed by atoms with Crippen LogP contribution in [0.25, 0.3) is 0 Å². The fraction of sp³-hybridized carbons (Fsp3) is 0.375. The second-order valence-electron chi connectivity index (χ2n) is 8.10. The molecule has 10 heteroatoms. The molecule has 3 rings (SSSR count). The summed E-state index contributed by atoms with van der Waals surface area (Å²) in [6, 6.07) is 14.8. The molecule has 0 atom stereocenters. The van der Waals surface area contributed by atoms with Crippen molar-refractivity contribution in [3.63, 3.8) is 0 Å². The van der Waals surface area contributed by atoms with Gasteiger partial charge in [0.25, 0.3) is 10.0 Å². The van der Waals surface area contributed by atoms with Gasteiger partial charge in [-0.25, -0.2) is 8.42 Å². The molecule has 2 aromatic carbocycles. The number of ether oxygens (including phenoxy) is 2. The Morgan fingerprint density at radius 3 is 1.82 bits per heavy atom. The summed E-state index contributed by atoms with van der Waals surface area (Å²) in [5, 5.41) is 7.75. The average molecular weight is 599 g/mol. The Hall–Kier alpha value is -2.15. The fourth-order valence-corrected chi connectivity index (χ4v) is 6.36. The zero-order chi connectivity index (χ0) is 24.9. The summed E-state index contributed by atoms with van der Waals surface area (Å²) < 4.78 is 42.3. The SMILES string of the molecule is CNCc1c(I)c(S(=O)(=O)N(Cc2ccc(OC)cc2)Cc2ccc(OC)cc2)nn1C(C)C. The Balaban J connectivity index is 2.04. The van der Waals surface area contributed by atoms with Crippen molar-refractivity contribution in [3.05, 3.63) is 68.9 Å². The molecule has 0 saturated carbocycles. The van der Waals surface area contributed by atoms with E-state index >= 15 is 0 Å². The van der Waals surface area contributed by atoms with Gasteiger partial charge < -0.3 is 14.8 Å². The molecule has 1 N–H and O–H groups in total. The molecule has 1 heterocycles. The van der Waals surface area contributed by atoms with Crippen LogP contribution in [0.15, 0.2) is 53.6 Å². The summed E-state index contributed by atoms with van der Waals surface area (Å²) in [6.45, 7) is 4.90. The summed E-state index contributed by atoms with van der Waals surface area (Å²) in [7, 11) is 1.13. The zero-order valence-corrected chi connectivity index (χ0v) is 23.1. The predicted molar refractivity (Wildman–Crippen MR) is 141 cm³/mol. The van der Waals surface area contributed by atoms with Crippen LogP contribution in [0.2, 0.25) is 0 Å². The van der Waals surface area contributed by atoms with Crippen molar-refractivity contribution in [2.24, 2.45) is 0 Å². The topological polar surface area (TPSA) is 85.7 Å². The highest BCUT2D eigenvalue weighted by Gasteiger charge is 2.32. The highest BCUT2D eigenvalue weighted by molar-refractivity contribution is 14.1. The lowest BCUT2D eigenvalue weighted by Crippen LogP contribution is -2.31. The van der Waals surface area contributed by atoms with E-state index in [-0.39, 0.29) is 24.2 Å². The van der Waals surface area contributed by atoms with Crippen molar-refractivity contribution in [2.75, 3.05) is 21.3 Å². The first-order valence-corrected chi connectivity index (χ1v) is 13.4. The highest BCUT2D eigenvalue weighted by Crippen LogP contribution is 2.29. The number of halogens is 1. The number of sulfonamides is 1. The van der Waals surface area contributed by atoms with Gasteiger partial charge in [0.1, 0.15) is 11.5 Å². The number of aromatic nitrogens is 2. The third-order valence-electron chi connectivity index (χ3n) is 5.37. The summed E-state index contributed by atoms with van der Waals surface area (Å²) in [5.74, 6) is 1.44. The number of hydrogen-bond acceptors (Lipinski definition) is 6. The van der Waals surface area contributed by atoms with Gasteiger partial charge in [-0.3, -0.25) is 4.68 Å². The van der Waals surface area contributed by atoms with Gasteiger partial charge in [-0.2, -0.15) is 9.40 Å². The molecular formula is C24H31IN4O4S. The molecule has 0 radical (unpaired) electrons. The van der Waals surface area contributed by atoms with E-state index < -0.39 is 10.0 Å². The van der Waals surface area contributed by atoms with Crippen LogP contribution in [0.5, 0.6) is 11.5 Å². The quantitative estimate of drug-likeness (QED) is 0.334. The van der Waals surface area contributed by atoms with Gasteiger partial charge in [-0.1, -0.05) is 24.3 Å². The molecule has 0 fully saturated rings. The van der Waals surface area contributed by atoms with Gasteiger partial charge in [0.15, 0.2) is 0 Å². The van der Waals surface area contributed by atoms with Crippen molar-refractivity contribution in [1.82, 2.24) is 19.4 Å². The standard InChI is InChI=1S/C24H31IN4O4S/c1-17(2)29-22(14-26-3)23(25)24(27-29)34(30,31)28(15-18-6-10-20(32-4)11-7-18)16-19-8-12-21(33-5)13-9-19/h6-13,17,26H,14-16H2,1-5H3. The predicted octanol–water partition coefficient (Wildman–Crippen LogP) is 4.20.